The second-order valence-corrected chi connectivity index (χ2v) is 5.96. The summed E-state index contributed by atoms with van der Waals surface area (Å²) in [5.74, 6) is -0.448. The number of fused-ring (bicyclic) bond motifs is 1. The van der Waals surface area contributed by atoms with E-state index in [2.05, 4.69) is 5.32 Å². The molecule has 0 spiro atoms. The third-order valence-electron chi connectivity index (χ3n) is 3.64. The van der Waals surface area contributed by atoms with Crippen LogP contribution in [0.3, 0.4) is 0 Å². The molecule has 0 radical (unpaired) electrons. The van der Waals surface area contributed by atoms with E-state index < -0.39 is 5.91 Å². The first kappa shape index (κ1) is 15.5. The minimum absolute atomic E-state index is 0.0182. The van der Waals surface area contributed by atoms with Crippen LogP contribution in [0.1, 0.15) is 30.9 Å². The average molecular weight is 289 g/mol. The van der Waals surface area contributed by atoms with Gasteiger partial charge in [0.1, 0.15) is 0 Å². The van der Waals surface area contributed by atoms with Crippen LogP contribution in [0.4, 0.5) is 0 Å². The summed E-state index contributed by atoms with van der Waals surface area (Å²) < 4.78 is 0. The number of rotatable bonds is 5. The lowest BCUT2D eigenvalue weighted by Gasteiger charge is -2.31. The van der Waals surface area contributed by atoms with Crippen LogP contribution in [0.5, 0.6) is 0 Å². The summed E-state index contributed by atoms with van der Waals surface area (Å²) in [6.45, 7) is 5.95. The van der Waals surface area contributed by atoms with E-state index in [1.54, 1.807) is 4.90 Å². The van der Waals surface area contributed by atoms with Gasteiger partial charge in [0.05, 0.1) is 12.5 Å². The molecule has 1 unspecified atom stereocenters. The van der Waals surface area contributed by atoms with Crippen molar-refractivity contribution >= 4 is 11.8 Å². The van der Waals surface area contributed by atoms with Crippen LogP contribution in [-0.2, 0) is 16.1 Å². The molecule has 5 nitrogen and oxygen atoms in total. The normalized spacial score (nSPS) is 17.4. The third-order valence-corrected chi connectivity index (χ3v) is 3.64. The van der Waals surface area contributed by atoms with E-state index in [1.807, 2.05) is 38.1 Å². The van der Waals surface area contributed by atoms with Gasteiger partial charge in [-0.3, -0.25) is 9.59 Å². The fourth-order valence-electron chi connectivity index (χ4n) is 2.80. The first-order valence-corrected chi connectivity index (χ1v) is 7.34. The van der Waals surface area contributed by atoms with Crippen molar-refractivity contribution in [3.63, 3.8) is 0 Å². The van der Waals surface area contributed by atoms with Crippen molar-refractivity contribution in [2.24, 2.45) is 11.7 Å². The van der Waals surface area contributed by atoms with E-state index in [1.165, 1.54) is 0 Å². The van der Waals surface area contributed by atoms with Gasteiger partial charge in [-0.2, -0.15) is 0 Å². The highest BCUT2D eigenvalue weighted by Crippen LogP contribution is 2.25. The Morgan fingerprint density at radius 3 is 2.76 bits per heavy atom. The Balaban J connectivity index is 2.23. The fourth-order valence-corrected chi connectivity index (χ4v) is 2.80. The van der Waals surface area contributed by atoms with Crippen molar-refractivity contribution in [3.05, 3.63) is 35.4 Å². The highest BCUT2D eigenvalue weighted by molar-refractivity contribution is 5.88. The van der Waals surface area contributed by atoms with E-state index in [9.17, 15) is 9.59 Å². The monoisotopic (exact) mass is 289 g/mol. The summed E-state index contributed by atoms with van der Waals surface area (Å²) in [5.41, 5.74) is 7.48. The summed E-state index contributed by atoms with van der Waals surface area (Å²) in [6.07, 6.45) is 0. The van der Waals surface area contributed by atoms with Gasteiger partial charge in [0.2, 0.25) is 11.8 Å². The molecule has 0 saturated carbocycles. The number of hydrogen-bond acceptors (Lipinski definition) is 3. The minimum Gasteiger partial charge on any atom is -0.368 e. The molecule has 1 aliphatic heterocycles. The Labute approximate surface area is 125 Å². The first-order valence-electron chi connectivity index (χ1n) is 7.34. The van der Waals surface area contributed by atoms with Gasteiger partial charge in [-0.1, -0.05) is 38.1 Å². The minimum atomic E-state index is -0.471. The molecular weight excluding hydrogens is 266 g/mol. The van der Waals surface area contributed by atoms with Crippen molar-refractivity contribution in [2.75, 3.05) is 19.6 Å². The van der Waals surface area contributed by atoms with Crippen LogP contribution in [0.2, 0.25) is 0 Å². The predicted octanol–water partition coefficient (Wildman–Crippen LogP) is 0.843. The van der Waals surface area contributed by atoms with E-state index in [0.717, 1.165) is 17.7 Å². The van der Waals surface area contributed by atoms with Crippen LogP contribution in [0, 0.1) is 5.92 Å². The van der Waals surface area contributed by atoms with Gasteiger partial charge in [-0.15, -0.1) is 0 Å². The van der Waals surface area contributed by atoms with E-state index in [-0.39, 0.29) is 18.4 Å². The van der Waals surface area contributed by atoms with Crippen molar-refractivity contribution in [3.8, 4) is 0 Å². The molecule has 0 aromatic heterocycles. The summed E-state index contributed by atoms with van der Waals surface area (Å²) in [7, 11) is 0. The van der Waals surface area contributed by atoms with Gasteiger partial charge in [-0.05, 0) is 17.0 Å². The highest BCUT2D eigenvalue weighted by Gasteiger charge is 2.30. The second kappa shape index (κ2) is 6.72. The predicted molar refractivity (Wildman–Crippen MR) is 81.5 cm³/mol. The zero-order valence-corrected chi connectivity index (χ0v) is 12.6. The number of nitrogens with two attached hydrogens (primary N) is 1. The maximum absolute atomic E-state index is 12.8. The molecule has 0 aliphatic carbocycles. The molecule has 5 heteroatoms. The van der Waals surface area contributed by atoms with E-state index in [0.29, 0.717) is 19.0 Å². The largest absolute Gasteiger partial charge is 0.368 e. The Kier molecular flexibility index (Phi) is 4.96. The van der Waals surface area contributed by atoms with Gasteiger partial charge >= 0.3 is 0 Å². The Morgan fingerprint density at radius 1 is 1.38 bits per heavy atom. The summed E-state index contributed by atoms with van der Waals surface area (Å²) in [4.78, 5) is 25.6. The molecule has 0 bridgehead atoms. The molecule has 0 saturated heterocycles. The van der Waals surface area contributed by atoms with Crippen LogP contribution < -0.4 is 11.1 Å². The standard InChI is InChI=1S/C16H23N3O2/c1-11(2)9-19(10-15(17)20)16(21)14-8-18-7-12-5-3-4-6-13(12)14/h3-6,11,14,18H,7-10H2,1-2H3,(H2,17,20). The SMILES string of the molecule is CC(C)CN(CC(N)=O)C(=O)C1CNCc2ccccc21. The molecule has 1 heterocycles. The quantitative estimate of drug-likeness (QED) is 0.843. The smallest absolute Gasteiger partial charge is 0.237 e. The van der Waals surface area contributed by atoms with Crippen LogP contribution in [0.25, 0.3) is 0 Å². The Morgan fingerprint density at radius 2 is 2.10 bits per heavy atom. The molecule has 2 rings (SSSR count). The van der Waals surface area contributed by atoms with Gasteiger partial charge in [0, 0.05) is 19.6 Å². The molecular formula is C16H23N3O2. The second-order valence-electron chi connectivity index (χ2n) is 5.96. The van der Waals surface area contributed by atoms with Gasteiger partial charge in [0.15, 0.2) is 0 Å². The maximum atomic E-state index is 12.8. The van der Waals surface area contributed by atoms with Crippen molar-refractivity contribution in [2.45, 2.75) is 26.3 Å². The zero-order valence-electron chi connectivity index (χ0n) is 12.6. The van der Waals surface area contributed by atoms with Gasteiger partial charge < -0.3 is 16.0 Å². The van der Waals surface area contributed by atoms with Crippen molar-refractivity contribution < 1.29 is 9.59 Å². The lowest BCUT2D eigenvalue weighted by Crippen LogP contribution is -2.46. The molecule has 1 atom stereocenters. The number of benzene rings is 1. The zero-order chi connectivity index (χ0) is 15.4. The van der Waals surface area contributed by atoms with Crippen molar-refractivity contribution in [1.82, 2.24) is 10.2 Å². The molecule has 0 fully saturated rings. The summed E-state index contributed by atoms with van der Waals surface area (Å²) in [6, 6.07) is 7.95. The molecule has 3 N–H and O–H groups in total. The maximum Gasteiger partial charge on any atom is 0.237 e. The summed E-state index contributed by atoms with van der Waals surface area (Å²) in [5, 5.41) is 3.27. The molecule has 1 aromatic rings. The molecule has 21 heavy (non-hydrogen) atoms. The van der Waals surface area contributed by atoms with Crippen LogP contribution in [0.15, 0.2) is 24.3 Å². The number of amides is 2. The first-order chi connectivity index (χ1) is 9.99. The van der Waals surface area contributed by atoms with E-state index >= 15 is 0 Å². The third kappa shape index (κ3) is 3.82. The molecule has 1 aromatic carbocycles. The lowest BCUT2D eigenvalue weighted by atomic mass is 9.89. The number of carbonyl (C=O) groups is 2. The van der Waals surface area contributed by atoms with Crippen LogP contribution >= 0.6 is 0 Å². The number of nitrogens with one attached hydrogen (secondary N) is 1. The molecule has 1 aliphatic rings. The summed E-state index contributed by atoms with van der Waals surface area (Å²) >= 11 is 0. The number of nitrogens with zero attached hydrogens (tertiary/aromatic N) is 1. The molecule has 2 amide bonds. The number of primary amides is 1. The molecule has 114 valence electrons. The van der Waals surface area contributed by atoms with Gasteiger partial charge in [0.25, 0.3) is 0 Å². The fraction of sp³-hybridized carbons (Fsp3) is 0.500. The van der Waals surface area contributed by atoms with Crippen molar-refractivity contribution in [1.29, 1.82) is 0 Å². The topological polar surface area (TPSA) is 75.4 Å². The number of carbonyl (C=O) groups excluding carboxylic acids is 2. The average Bonchev–Trinajstić information content (AvgIpc) is 2.44. The highest BCUT2D eigenvalue weighted by atomic mass is 16.2. The number of hydrogen-bond donors (Lipinski definition) is 2. The Bertz CT molecular complexity index is 528. The van der Waals surface area contributed by atoms with Crippen LogP contribution in [-0.4, -0.2) is 36.3 Å². The lowest BCUT2D eigenvalue weighted by molar-refractivity contribution is -0.137. The Hall–Kier alpha value is -1.88. The van der Waals surface area contributed by atoms with E-state index in [4.69, 9.17) is 5.73 Å². The van der Waals surface area contributed by atoms with Gasteiger partial charge in [-0.25, -0.2) is 0 Å².